The highest BCUT2D eigenvalue weighted by Gasteiger charge is 2.00. The summed E-state index contributed by atoms with van der Waals surface area (Å²) in [4.78, 5) is 12.1. The Labute approximate surface area is 69.6 Å². The van der Waals surface area contributed by atoms with E-state index >= 15 is 0 Å². The van der Waals surface area contributed by atoms with Crippen LogP contribution in [0.5, 0.6) is 0 Å². The van der Waals surface area contributed by atoms with Crippen LogP contribution < -0.4 is 0 Å². The van der Waals surface area contributed by atoms with Gasteiger partial charge in [0.05, 0.1) is 0 Å². The van der Waals surface area contributed by atoms with Crippen molar-refractivity contribution in [3.05, 3.63) is 0 Å². The van der Waals surface area contributed by atoms with E-state index in [1.54, 1.807) is 7.05 Å². The SMILES string of the molecule is C#CC(=O)N(C)CCC.CC. The molecule has 2 nitrogen and oxygen atoms in total. The molecule has 0 aromatic carbocycles. The first-order valence-electron chi connectivity index (χ1n) is 3.94. The highest BCUT2D eigenvalue weighted by Crippen LogP contribution is 1.84. The minimum atomic E-state index is -0.239. The maximum absolute atomic E-state index is 10.6. The highest BCUT2D eigenvalue weighted by molar-refractivity contribution is 5.92. The maximum atomic E-state index is 10.6. The topological polar surface area (TPSA) is 20.3 Å². The lowest BCUT2D eigenvalue weighted by Crippen LogP contribution is -2.25. The molecule has 64 valence electrons. The Morgan fingerprint density at radius 3 is 2.27 bits per heavy atom. The van der Waals surface area contributed by atoms with Crippen LogP contribution in [0.3, 0.4) is 0 Å². The van der Waals surface area contributed by atoms with Crippen molar-refractivity contribution < 1.29 is 4.79 Å². The lowest BCUT2D eigenvalue weighted by molar-refractivity contribution is -0.123. The summed E-state index contributed by atoms with van der Waals surface area (Å²) < 4.78 is 0. The molecule has 1 amide bonds. The van der Waals surface area contributed by atoms with E-state index in [0.717, 1.165) is 13.0 Å². The predicted molar refractivity (Wildman–Crippen MR) is 48.1 cm³/mol. The number of carbonyl (C=O) groups is 1. The summed E-state index contributed by atoms with van der Waals surface area (Å²) in [5.74, 6) is 1.80. The van der Waals surface area contributed by atoms with Gasteiger partial charge in [-0.1, -0.05) is 20.8 Å². The van der Waals surface area contributed by atoms with Crippen LogP contribution in [-0.2, 0) is 4.79 Å². The van der Waals surface area contributed by atoms with E-state index in [1.165, 1.54) is 4.90 Å². The fourth-order valence-corrected chi connectivity index (χ4v) is 0.547. The standard InChI is InChI=1S/C7H11NO.C2H6/c1-4-6-8(3)7(9)5-2;1-2/h2H,4,6H2,1,3H3;1-2H3. The number of amides is 1. The third-order valence-electron chi connectivity index (χ3n) is 1.03. The molecule has 0 radical (unpaired) electrons. The van der Waals surface area contributed by atoms with Crippen LogP contribution in [0.15, 0.2) is 0 Å². The van der Waals surface area contributed by atoms with E-state index in [4.69, 9.17) is 6.42 Å². The van der Waals surface area contributed by atoms with Crippen molar-refractivity contribution in [1.29, 1.82) is 0 Å². The summed E-state index contributed by atoms with van der Waals surface area (Å²) in [6.45, 7) is 6.74. The molecule has 2 heteroatoms. The van der Waals surface area contributed by atoms with Gasteiger partial charge >= 0.3 is 0 Å². The zero-order valence-corrected chi connectivity index (χ0v) is 7.85. The Kier molecular flexibility index (Phi) is 10.4. The molecule has 0 spiro atoms. The maximum Gasteiger partial charge on any atom is 0.297 e. The van der Waals surface area contributed by atoms with Crippen LogP contribution in [0.2, 0.25) is 0 Å². The summed E-state index contributed by atoms with van der Waals surface area (Å²) in [7, 11) is 1.70. The minimum Gasteiger partial charge on any atom is -0.335 e. The van der Waals surface area contributed by atoms with E-state index in [-0.39, 0.29) is 5.91 Å². The number of hydrogen-bond donors (Lipinski definition) is 0. The van der Waals surface area contributed by atoms with Crippen molar-refractivity contribution in [2.75, 3.05) is 13.6 Å². The molecule has 0 aromatic rings. The van der Waals surface area contributed by atoms with Gasteiger partial charge in [-0.05, 0) is 12.3 Å². The van der Waals surface area contributed by atoms with Crippen LogP contribution in [-0.4, -0.2) is 24.4 Å². The van der Waals surface area contributed by atoms with Crippen molar-refractivity contribution in [3.8, 4) is 12.3 Å². The van der Waals surface area contributed by atoms with E-state index in [0.29, 0.717) is 0 Å². The highest BCUT2D eigenvalue weighted by atomic mass is 16.2. The molecule has 0 saturated heterocycles. The Balaban J connectivity index is 0. The molecular formula is C9H17NO. The number of terminal acetylenes is 1. The third kappa shape index (κ3) is 6.92. The quantitative estimate of drug-likeness (QED) is 0.553. The molecule has 0 aliphatic rings. The molecule has 11 heavy (non-hydrogen) atoms. The van der Waals surface area contributed by atoms with E-state index < -0.39 is 0 Å². The lowest BCUT2D eigenvalue weighted by Gasteiger charge is -2.10. The first-order chi connectivity index (χ1) is 5.22. The Bertz CT molecular complexity index is 135. The summed E-state index contributed by atoms with van der Waals surface area (Å²) in [5, 5.41) is 0. The van der Waals surface area contributed by atoms with Crippen LogP contribution in [0.25, 0.3) is 0 Å². The monoisotopic (exact) mass is 155 g/mol. The van der Waals surface area contributed by atoms with Crippen LogP contribution in [0.1, 0.15) is 27.2 Å². The molecule has 0 heterocycles. The zero-order valence-electron chi connectivity index (χ0n) is 7.85. The largest absolute Gasteiger partial charge is 0.335 e. The van der Waals surface area contributed by atoms with Gasteiger partial charge in [0.25, 0.3) is 5.91 Å². The second kappa shape index (κ2) is 9.03. The Morgan fingerprint density at radius 1 is 1.55 bits per heavy atom. The molecule has 0 aliphatic carbocycles. The van der Waals surface area contributed by atoms with Crippen molar-refractivity contribution >= 4 is 5.91 Å². The van der Waals surface area contributed by atoms with Gasteiger partial charge in [-0.25, -0.2) is 0 Å². The Hall–Kier alpha value is -0.970. The first-order valence-corrected chi connectivity index (χ1v) is 3.94. The van der Waals surface area contributed by atoms with Gasteiger partial charge < -0.3 is 4.90 Å². The number of carbonyl (C=O) groups excluding carboxylic acids is 1. The molecule has 0 aliphatic heterocycles. The predicted octanol–water partition coefficient (Wildman–Crippen LogP) is 1.51. The first kappa shape index (κ1) is 12.7. The van der Waals surface area contributed by atoms with E-state index in [2.05, 4.69) is 0 Å². The Morgan fingerprint density at radius 2 is 2.00 bits per heavy atom. The molecule has 0 rings (SSSR count). The van der Waals surface area contributed by atoms with Gasteiger partial charge in [0.15, 0.2) is 0 Å². The number of nitrogens with zero attached hydrogens (tertiary/aromatic N) is 1. The molecule has 0 N–H and O–H groups in total. The third-order valence-corrected chi connectivity index (χ3v) is 1.03. The number of hydrogen-bond acceptors (Lipinski definition) is 1. The molecule has 0 bridgehead atoms. The second-order valence-corrected chi connectivity index (χ2v) is 1.87. The summed E-state index contributed by atoms with van der Waals surface area (Å²) >= 11 is 0. The fraction of sp³-hybridized carbons (Fsp3) is 0.667. The zero-order chi connectivity index (χ0) is 9.28. The summed E-state index contributed by atoms with van der Waals surface area (Å²) in [5.41, 5.74) is 0. The summed E-state index contributed by atoms with van der Waals surface area (Å²) in [6, 6.07) is 0. The molecule has 0 fully saturated rings. The van der Waals surface area contributed by atoms with Gasteiger partial charge in [0, 0.05) is 13.6 Å². The average molecular weight is 155 g/mol. The van der Waals surface area contributed by atoms with Crippen molar-refractivity contribution in [1.82, 2.24) is 4.90 Å². The van der Waals surface area contributed by atoms with Crippen molar-refractivity contribution in [2.45, 2.75) is 27.2 Å². The van der Waals surface area contributed by atoms with E-state index in [9.17, 15) is 4.79 Å². The van der Waals surface area contributed by atoms with Gasteiger partial charge in [-0.2, -0.15) is 0 Å². The van der Waals surface area contributed by atoms with Crippen molar-refractivity contribution in [3.63, 3.8) is 0 Å². The molecule has 0 saturated carbocycles. The number of rotatable bonds is 2. The molecule has 0 unspecified atom stereocenters. The van der Waals surface area contributed by atoms with Crippen molar-refractivity contribution in [2.24, 2.45) is 0 Å². The van der Waals surface area contributed by atoms with Gasteiger partial charge in [-0.15, -0.1) is 6.42 Å². The fourth-order valence-electron chi connectivity index (χ4n) is 0.547. The molecule has 0 aromatic heterocycles. The normalized spacial score (nSPS) is 7.18. The molecular weight excluding hydrogens is 138 g/mol. The van der Waals surface area contributed by atoms with Gasteiger partial charge in [0.2, 0.25) is 0 Å². The van der Waals surface area contributed by atoms with Crippen LogP contribution in [0, 0.1) is 12.3 Å². The molecule has 0 atom stereocenters. The van der Waals surface area contributed by atoms with Gasteiger partial charge in [-0.3, -0.25) is 4.79 Å². The van der Waals surface area contributed by atoms with Crippen LogP contribution >= 0.6 is 0 Å². The lowest BCUT2D eigenvalue weighted by atomic mass is 10.4. The van der Waals surface area contributed by atoms with Crippen LogP contribution in [0.4, 0.5) is 0 Å². The summed E-state index contributed by atoms with van der Waals surface area (Å²) in [6.07, 6.45) is 5.81. The minimum absolute atomic E-state index is 0.239. The smallest absolute Gasteiger partial charge is 0.297 e. The second-order valence-electron chi connectivity index (χ2n) is 1.87. The van der Waals surface area contributed by atoms with Gasteiger partial charge in [0.1, 0.15) is 0 Å². The van der Waals surface area contributed by atoms with E-state index in [1.807, 2.05) is 26.7 Å². The average Bonchev–Trinajstić information content (AvgIpc) is 2.07.